The molecule has 0 amide bonds. The van der Waals surface area contributed by atoms with Crippen molar-refractivity contribution in [3.05, 3.63) is 48.0 Å². The molecule has 0 unspecified atom stereocenters. The fourth-order valence-corrected chi connectivity index (χ4v) is 1.75. The summed E-state index contributed by atoms with van der Waals surface area (Å²) in [4.78, 5) is 0. The van der Waals surface area contributed by atoms with Crippen molar-refractivity contribution in [3.8, 4) is 0 Å². The van der Waals surface area contributed by atoms with Crippen LogP contribution in [-0.2, 0) is 24.1 Å². The Balaban J connectivity index is 1.92. The lowest BCUT2D eigenvalue weighted by Crippen LogP contribution is -2.08. The van der Waals surface area contributed by atoms with Gasteiger partial charge in [-0.25, -0.2) is 0 Å². The van der Waals surface area contributed by atoms with E-state index in [4.69, 9.17) is 4.74 Å². The zero-order valence-electron chi connectivity index (χ0n) is 10.0. The molecule has 2 rings (SSSR count). The predicted molar refractivity (Wildman–Crippen MR) is 65.7 cm³/mol. The van der Waals surface area contributed by atoms with Crippen molar-refractivity contribution in [3.63, 3.8) is 0 Å². The molecule has 4 nitrogen and oxygen atoms in total. The lowest BCUT2D eigenvalue weighted by molar-refractivity contribution is 0.186. The number of aryl methyl sites for hydroxylation is 2. The van der Waals surface area contributed by atoms with Crippen molar-refractivity contribution in [1.82, 2.24) is 14.8 Å². The van der Waals surface area contributed by atoms with Crippen LogP contribution in [0.25, 0.3) is 0 Å². The van der Waals surface area contributed by atoms with Gasteiger partial charge in [0.25, 0.3) is 0 Å². The standard InChI is InChI=1S/C13H17N3O/c1-17-10-9-16-11-14-15-13(16)8-7-12-5-3-2-4-6-12/h2-6,11H,7-10H2,1H3. The lowest BCUT2D eigenvalue weighted by atomic mass is 10.1. The second-order valence-electron chi connectivity index (χ2n) is 3.92. The van der Waals surface area contributed by atoms with Gasteiger partial charge in [-0.15, -0.1) is 10.2 Å². The molecule has 0 aliphatic heterocycles. The van der Waals surface area contributed by atoms with Crippen LogP contribution < -0.4 is 0 Å². The summed E-state index contributed by atoms with van der Waals surface area (Å²) in [6.45, 7) is 1.50. The molecule has 0 bridgehead atoms. The Morgan fingerprint density at radius 2 is 2.00 bits per heavy atom. The van der Waals surface area contributed by atoms with E-state index in [0.717, 1.165) is 25.2 Å². The van der Waals surface area contributed by atoms with Crippen LogP contribution in [0.15, 0.2) is 36.7 Å². The molecule has 0 saturated carbocycles. The zero-order valence-corrected chi connectivity index (χ0v) is 10.0. The largest absolute Gasteiger partial charge is 0.383 e. The van der Waals surface area contributed by atoms with Crippen LogP contribution in [0.5, 0.6) is 0 Å². The molecule has 2 aromatic rings. The van der Waals surface area contributed by atoms with Crippen molar-refractivity contribution in [2.45, 2.75) is 19.4 Å². The molecule has 90 valence electrons. The Morgan fingerprint density at radius 3 is 2.76 bits per heavy atom. The van der Waals surface area contributed by atoms with Crippen molar-refractivity contribution < 1.29 is 4.74 Å². The maximum absolute atomic E-state index is 5.06. The average Bonchev–Trinajstić information content (AvgIpc) is 2.82. The quantitative estimate of drug-likeness (QED) is 0.760. The number of rotatable bonds is 6. The molecule has 0 fully saturated rings. The fourth-order valence-electron chi connectivity index (χ4n) is 1.75. The van der Waals surface area contributed by atoms with Crippen LogP contribution in [0.2, 0.25) is 0 Å². The van der Waals surface area contributed by atoms with E-state index in [1.54, 1.807) is 13.4 Å². The third-order valence-electron chi connectivity index (χ3n) is 2.71. The van der Waals surface area contributed by atoms with E-state index >= 15 is 0 Å². The van der Waals surface area contributed by atoms with Gasteiger partial charge >= 0.3 is 0 Å². The number of benzene rings is 1. The summed E-state index contributed by atoms with van der Waals surface area (Å²) >= 11 is 0. The van der Waals surface area contributed by atoms with Gasteiger partial charge in [0.05, 0.1) is 6.61 Å². The van der Waals surface area contributed by atoms with Gasteiger partial charge in [0.15, 0.2) is 0 Å². The molecule has 0 radical (unpaired) electrons. The van der Waals surface area contributed by atoms with E-state index in [2.05, 4.69) is 34.5 Å². The summed E-state index contributed by atoms with van der Waals surface area (Å²) in [6, 6.07) is 10.4. The molecule has 1 aromatic carbocycles. The fraction of sp³-hybridized carbons (Fsp3) is 0.385. The highest BCUT2D eigenvalue weighted by molar-refractivity contribution is 5.15. The third-order valence-corrected chi connectivity index (χ3v) is 2.71. The maximum atomic E-state index is 5.06. The van der Waals surface area contributed by atoms with E-state index in [-0.39, 0.29) is 0 Å². The van der Waals surface area contributed by atoms with Crippen LogP contribution in [0, 0.1) is 0 Å². The minimum Gasteiger partial charge on any atom is -0.383 e. The van der Waals surface area contributed by atoms with Crippen LogP contribution in [-0.4, -0.2) is 28.5 Å². The summed E-state index contributed by atoms with van der Waals surface area (Å²) in [5.41, 5.74) is 1.33. The van der Waals surface area contributed by atoms with Crippen molar-refractivity contribution in [2.75, 3.05) is 13.7 Å². The van der Waals surface area contributed by atoms with E-state index in [9.17, 15) is 0 Å². The number of hydrogen-bond donors (Lipinski definition) is 0. The van der Waals surface area contributed by atoms with E-state index < -0.39 is 0 Å². The van der Waals surface area contributed by atoms with Crippen LogP contribution in [0.3, 0.4) is 0 Å². The zero-order chi connectivity index (χ0) is 11.9. The monoisotopic (exact) mass is 231 g/mol. The number of nitrogens with zero attached hydrogens (tertiary/aromatic N) is 3. The minimum atomic E-state index is 0.691. The first-order valence-electron chi connectivity index (χ1n) is 5.79. The summed E-state index contributed by atoms with van der Waals surface area (Å²) in [5, 5.41) is 8.09. The molecule has 0 aliphatic carbocycles. The highest BCUT2D eigenvalue weighted by Crippen LogP contribution is 2.05. The highest BCUT2D eigenvalue weighted by Gasteiger charge is 2.04. The molecular formula is C13H17N3O. The van der Waals surface area contributed by atoms with Crippen LogP contribution >= 0.6 is 0 Å². The molecule has 0 N–H and O–H groups in total. The Kier molecular flexibility index (Phi) is 4.27. The van der Waals surface area contributed by atoms with Crippen LogP contribution in [0.1, 0.15) is 11.4 Å². The first-order chi connectivity index (χ1) is 8.40. The van der Waals surface area contributed by atoms with Gasteiger partial charge in [0, 0.05) is 20.1 Å². The smallest absolute Gasteiger partial charge is 0.133 e. The van der Waals surface area contributed by atoms with E-state index in [1.165, 1.54) is 5.56 Å². The number of aromatic nitrogens is 3. The second kappa shape index (κ2) is 6.15. The van der Waals surface area contributed by atoms with Gasteiger partial charge in [-0.05, 0) is 12.0 Å². The number of methoxy groups -OCH3 is 1. The first-order valence-corrected chi connectivity index (χ1v) is 5.79. The predicted octanol–water partition coefficient (Wildman–Crippen LogP) is 1.71. The lowest BCUT2D eigenvalue weighted by Gasteiger charge is -2.05. The van der Waals surface area contributed by atoms with Gasteiger partial charge in [-0.3, -0.25) is 0 Å². The van der Waals surface area contributed by atoms with Crippen molar-refractivity contribution >= 4 is 0 Å². The Morgan fingerprint density at radius 1 is 1.18 bits per heavy atom. The Labute approximate surface area is 101 Å². The van der Waals surface area contributed by atoms with Gasteiger partial charge < -0.3 is 9.30 Å². The Bertz CT molecular complexity index is 439. The second-order valence-corrected chi connectivity index (χ2v) is 3.92. The van der Waals surface area contributed by atoms with Gasteiger partial charge in [-0.2, -0.15) is 0 Å². The SMILES string of the molecule is COCCn1cnnc1CCc1ccccc1. The van der Waals surface area contributed by atoms with E-state index in [0.29, 0.717) is 6.61 Å². The third kappa shape index (κ3) is 3.39. The summed E-state index contributed by atoms with van der Waals surface area (Å²) < 4.78 is 7.10. The first kappa shape index (κ1) is 11.8. The average molecular weight is 231 g/mol. The molecule has 1 heterocycles. The van der Waals surface area contributed by atoms with Crippen LogP contribution in [0.4, 0.5) is 0 Å². The molecular weight excluding hydrogens is 214 g/mol. The molecule has 0 atom stereocenters. The van der Waals surface area contributed by atoms with E-state index in [1.807, 2.05) is 10.6 Å². The number of ether oxygens (including phenoxy) is 1. The van der Waals surface area contributed by atoms with Gasteiger partial charge in [0.2, 0.25) is 0 Å². The minimum absolute atomic E-state index is 0.691. The van der Waals surface area contributed by atoms with Crippen molar-refractivity contribution in [1.29, 1.82) is 0 Å². The molecule has 0 spiro atoms. The summed E-state index contributed by atoms with van der Waals surface area (Å²) in [7, 11) is 1.70. The molecule has 17 heavy (non-hydrogen) atoms. The summed E-state index contributed by atoms with van der Waals surface area (Å²) in [6.07, 6.45) is 3.67. The molecule has 0 aliphatic rings. The number of hydrogen-bond acceptors (Lipinski definition) is 3. The normalized spacial score (nSPS) is 10.6. The summed E-state index contributed by atoms with van der Waals surface area (Å²) in [5.74, 6) is 1.02. The van der Waals surface area contributed by atoms with Crippen molar-refractivity contribution in [2.24, 2.45) is 0 Å². The highest BCUT2D eigenvalue weighted by atomic mass is 16.5. The topological polar surface area (TPSA) is 39.9 Å². The van der Waals surface area contributed by atoms with Gasteiger partial charge in [0.1, 0.15) is 12.2 Å². The molecule has 1 aromatic heterocycles. The molecule has 0 saturated heterocycles. The molecule has 4 heteroatoms. The maximum Gasteiger partial charge on any atom is 0.133 e. The van der Waals surface area contributed by atoms with Gasteiger partial charge in [-0.1, -0.05) is 30.3 Å². The Hall–Kier alpha value is -1.68.